The van der Waals surface area contributed by atoms with Crippen molar-refractivity contribution in [2.75, 3.05) is 0 Å². The van der Waals surface area contributed by atoms with E-state index < -0.39 is 10.0 Å². The van der Waals surface area contributed by atoms with Gasteiger partial charge in [-0.2, -0.15) is 0 Å². The summed E-state index contributed by atoms with van der Waals surface area (Å²) in [4.78, 5) is 12.0. The zero-order valence-corrected chi connectivity index (χ0v) is 15.1. The van der Waals surface area contributed by atoms with Crippen molar-refractivity contribution in [3.8, 4) is 0 Å². The van der Waals surface area contributed by atoms with Gasteiger partial charge in [0.1, 0.15) is 0 Å². The van der Waals surface area contributed by atoms with Crippen LogP contribution in [0.5, 0.6) is 0 Å². The van der Waals surface area contributed by atoms with E-state index in [9.17, 15) is 13.2 Å². The number of aryl methyl sites for hydroxylation is 2. The standard InChI is InChI=1S/C17H18N2O3S2/c1-3-19-15-8-7-14(10-16(15)23-17(19)20)24(21,22)18-11-13-6-4-5-12(2)9-13/h4-10,18H,3,11H2,1-2H3. The Labute approximate surface area is 144 Å². The molecule has 0 aliphatic heterocycles. The van der Waals surface area contributed by atoms with Gasteiger partial charge in [0.2, 0.25) is 10.0 Å². The third-order valence-corrected chi connectivity index (χ3v) is 6.16. The Morgan fingerprint density at radius 1 is 1.17 bits per heavy atom. The van der Waals surface area contributed by atoms with E-state index in [1.165, 1.54) is 0 Å². The van der Waals surface area contributed by atoms with Crippen molar-refractivity contribution in [3.05, 3.63) is 63.3 Å². The number of thiazole rings is 1. The average Bonchev–Trinajstić information content (AvgIpc) is 2.87. The lowest BCUT2D eigenvalue weighted by Gasteiger charge is -2.08. The van der Waals surface area contributed by atoms with Crippen LogP contribution in [-0.2, 0) is 23.1 Å². The number of hydrogen-bond donors (Lipinski definition) is 1. The van der Waals surface area contributed by atoms with Crippen LogP contribution in [0.25, 0.3) is 10.2 Å². The van der Waals surface area contributed by atoms with E-state index in [1.54, 1.807) is 22.8 Å². The summed E-state index contributed by atoms with van der Waals surface area (Å²) in [6, 6.07) is 12.5. The highest BCUT2D eigenvalue weighted by molar-refractivity contribution is 7.89. The van der Waals surface area contributed by atoms with Gasteiger partial charge < -0.3 is 0 Å². The fraction of sp³-hybridized carbons (Fsp3) is 0.235. The fourth-order valence-electron chi connectivity index (χ4n) is 2.60. The largest absolute Gasteiger partial charge is 0.308 e. The molecule has 7 heteroatoms. The second kappa shape index (κ2) is 6.51. The molecule has 1 aromatic heterocycles. The summed E-state index contributed by atoms with van der Waals surface area (Å²) >= 11 is 1.07. The molecule has 1 N–H and O–H groups in total. The van der Waals surface area contributed by atoms with Crippen molar-refractivity contribution in [2.45, 2.75) is 31.8 Å². The number of hydrogen-bond acceptors (Lipinski definition) is 4. The highest BCUT2D eigenvalue weighted by Gasteiger charge is 2.16. The highest BCUT2D eigenvalue weighted by atomic mass is 32.2. The molecule has 0 fully saturated rings. The van der Waals surface area contributed by atoms with Crippen LogP contribution in [0.3, 0.4) is 0 Å². The van der Waals surface area contributed by atoms with Crippen LogP contribution in [0.2, 0.25) is 0 Å². The second-order valence-electron chi connectivity index (χ2n) is 5.56. The van der Waals surface area contributed by atoms with Gasteiger partial charge in [-0.3, -0.25) is 9.36 Å². The van der Waals surface area contributed by atoms with Crippen molar-refractivity contribution in [1.29, 1.82) is 0 Å². The molecule has 126 valence electrons. The summed E-state index contributed by atoms with van der Waals surface area (Å²) in [5.41, 5.74) is 2.75. The molecule has 2 aromatic carbocycles. The monoisotopic (exact) mass is 362 g/mol. The number of rotatable bonds is 5. The van der Waals surface area contributed by atoms with Gasteiger partial charge in [0.05, 0.1) is 15.1 Å². The van der Waals surface area contributed by atoms with Crippen molar-refractivity contribution in [3.63, 3.8) is 0 Å². The Bertz CT molecular complexity index is 1050. The van der Waals surface area contributed by atoms with Crippen molar-refractivity contribution in [2.24, 2.45) is 0 Å². The lowest BCUT2D eigenvalue weighted by molar-refractivity contribution is 0.581. The van der Waals surface area contributed by atoms with Crippen LogP contribution >= 0.6 is 11.3 Å². The molecule has 0 bridgehead atoms. The molecule has 0 aliphatic carbocycles. The summed E-state index contributed by atoms with van der Waals surface area (Å²) in [5.74, 6) is 0. The topological polar surface area (TPSA) is 68.2 Å². The van der Waals surface area contributed by atoms with Crippen LogP contribution in [0, 0.1) is 6.92 Å². The van der Waals surface area contributed by atoms with Gasteiger partial charge in [-0.05, 0) is 37.6 Å². The fourth-order valence-corrected chi connectivity index (χ4v) is 4.71. The van der Waals surface area contributed by atoms with Crippen LogP contribution in [0.1, 0.15) is 18.1 Å². The summed E-state index contributed by atoms with van der Waals surface area (Å²) in [6.45, 7) is 4.65. The molecule has 0 unspecified atom stereocenters. The van der Waals surface area contributed by atoms with Gasteiger partial charge in [-0.25, -0.2) is 13.1 Å². The molecule has 0 aliphatic rings. The van der Waals surface area contributed by atoms with E-state index in [0.29, 0.717) is 11.2 Å². The van der Waals surface area contributed by atoms with E-state index in [2.05, 4.69) is 4.72 Å². The first kappa shape index (κ1) is 16.9. The number of nitrogens with zero attached hydrogens (tertiary/aromatic N) is 1. The lowest BCUT2D eigenvalue weighted by atomic mass is 10.1. The van der Waals surface area contributed by atoms with Gasteiger partial charge in [-0.15, -0.1) is 0 Å². The minimum Gasteiger partial charge on any atom is -0.299 e. The van der Waals surface area contributed by atoms with Gasteiger partial charge in [0, 0.05) is 13.1 Å². The zero-order valence-electron chi connectivity index (χ0n) is 13.4. The molecule has 0 radical (unpaired) electrons. The number of benzene rings is 2. The van der Waals surface area contributed by atoms with Crippen molar-refractivity contribution < 1.29 is 8.42 Å². The van der Waals surface area contributed by atoms with E-state index in [-0.39, 0.29) is 16.3 Å². The van der Waals surface area contributed by atoms with Gasteiger partial charge in [0.15, 0.2) is 0 Å². The highest BCUT2D eigenvalue weighted by Crippen LogP contribution is 2.22. The number of nitrogens with one attached hydrogen (secondary N) is 1. The molecule has 3 rings (SSSR count). The summed E-state index contributed by atoms with van der Waals surface area (Å²) in [6.07, 6.45) is 0. The molecule has 0 spiro atoms. The van der Waals surface area contributed by atoms with Crippen molar-refractivity contribution in [1.82, 2.24) is 9.29 Å². The molecule has 1 heterocycles. The number of sulfonamides is 1. The predicted octanol–water partition coefficient (Wildman–Crippen LogP) is 2.87. The quantitative estimate of drug-likeness (QED) is 0.759. The van der Waals surface area contributed by atoms with Crippen LogP contribution in [0.4, 0.5) is 0 Å². The first-order chi connectivity index (χ1) is 11.4. The van der Waals surface area contributed by atoms with Crippen molar-refractivity contribution >= 4 is 31.6 Å². The molecule has 0 saturated heterocycles. The van der Waals surface area contributed by atoms with E-state index in [1.807, 2.05) is 38.1 Å². The average molecular weight is 362 g/mol. The summed E-state index contributed by atoms with van der Waals surface area (Å²) in [7, 11) is -3.63. The summed E-state index contributed by atoms with van der Waals surface area (Å²) < 4.78 is 29.9. The molecular weight excluding hydrogens is 344 g/mol. The molecule has 24 heavy (non-hydrogen) atoms. The van der Waals surface area contributed by atoms with E-state index >= 15 is 0 Å². The minimum atomic E-state index is -3.63. The lowest BCUT2D eigenvalue weighted by Crippen LogP contribution is -2.23. The maximum atomic E-state index is 12.5. The molecule has 0 saturated carbocycles. The normalized spacial score (nSPS) is 11.9. The SMILES string of the molecule is CCn1c(=O)sc2cc(S(=O)(=O)NCc3cccc(C)c3)ccc21. The molecular formula is C17H18N2O3S2. The van der Waals surface area contributed by atoms with Crippen LogP contribution in [0.15, 0.2) is 52.2 Å². The Morgan fingerprint density at radius 2 is 1.96 bits per heavy atom. The smallest absolute Gasteiger partial charge is 0.299 e. The predicted molar refractivity (Wildman–Crippen MR) is 97.0 cm³/mol. The summed E-state index contributed by atoms with van der Waals surface area (Å²) in [5, 5.41) is 0. The van der Waals surface area contributed by atoms with Crippen LogP contribution in [-0.4, -0.2) is 13.0 Å². The van der Waals surface area contributed by atoms with Crippen LogP contribution < -0.4 is 9.60 Å². The molecule has 0 amide bonds. The Kier molecular flexibility index (Phi) is 4.58. The van der Waals surface area contributed by atoms with E-state index in [4.69, 9.17) is 0 Å². The molecule has 0 atom stereocenters. The maximum absolute atomic E-state index is 12.5. The molecule has 5 nitrogen and oxygen atoms in total. The first-order valence-corrected chi connectivity index (χ1v) is 9.89. The minimum absolute atomic E-state index is 0.0743. The number of aromatic nitrogens is 1. The van der Waals surface area contributed by atoms with Gasteiger partial charge in [-0.1, -0.05) is 41.2 Å². The Balaban J connectivity index is 1.89. The second-order valence-corrected chi connectivity index (χ2v) is 8.32. The number of fused-ring (bicyclic) bond motifs is 1. The molecule has 3 aromatic rings. The Morgan fingerprint density at radius 3 is 2.67 bits per heavy atom. The maximum Gasteiger partial charge on any atom is 0.308 e. The van der Waals surface area contributed by atoms with Gasteiger partial charge >= 0.3 is 4.87 Å². The Hall–Kier alpha value is -1.96. The third kappa shape index (κ3) is 3.28. The zero-order chi connectivity index (χ0) is 17.3. The van der Waals surface area contributed by atoms with E-state index in [0.717, 1.165) is 28.0 Å². The third-order valence-electron chi connectivity index (χ3n) is 3.82. The first-order valence-electron chi connectivity index (χ1n) is 7.59. The van der Waals surface area contributed by atoms with Gasteiger partial charge in [0.25, 0.3) is 0 Å².